The van der Waals surface area contributed by atoms with Crippen molar-refractivity contribution in [2.45, 2.75) is 10.8 Å². The molecule has 0 aromatic carbocycles. The molecule has 3 N–H and O–H groups in total. The zero-order valence-electron chi connectivity index (χ0n) is 8.62. The number of nitrogens with one attached hydrogen (secondary N) is 1. The molecule has 6 nitrogen and oxygen atoms in total. The fourth-order valence-electron chi connectivity index (χ4n) is 1.38. The molecule has 0 amide bonds. The van der Waals surface area contributed by atoms with Crippen molar-refractivity contribution in [3.63, 3.8) is 0 Å². The van der Waals surface area contributed by atoms with E-state index in [1.54, 1.807) is 24.3 Å². The summed E-state index contributed by atoms with van der Waals surface area (Å²) in [6, 6.07) is 0. The second-order valence-electron chi connectivity index (χ2n) is 3.23. The van der Waals surface area contributed by atoms with Gasteiger partial charge in [0.1, 0.15) is 16.9 Å². The van der Waals surface area contributed by atoms with Gasteiger partial charge in [-0.05, 0) is 0 Å². The van der Waals surface area contributed by atoms with Gasteiger partial charge in [0.25, 0.3) is 0 Å². The van der Waals surface area contributed by atoms with E-state index in [9.17, 15) is 0 Å². The highest BCUT2D eigenvalue weighted by atomic mass is 32.2. The zero-order valence-corrected chi connectivity index (χ0v) is 10.3. The van der Waals surface area contributed by atoms with Crippen LogP contribution in [0.3, 0.4) is 0 Å². The van der Waals surface area contributed by atoms with Crippen LogP contribution in [0.15, 0.2) is 23.9 Å². The van der Waals surface area contributed by atoms with Crippen molar-refractivity contribution < 1.29 is 0 Å². The highest BCUT2D eigenvalue weighted by Gasteiger charge is 2.07. The van der Waals surface area contributed by atoms with Crippen LogP contribution in [0.4, 0.5) is 5.13 Å². The average molecular weight is 264 g/mol. The minimum Gasteiger partial charge on any atom is -0.375 e. The summed E-state index contributed by atoms with van der Waals surface area (Å²) in [6.07, 6.45) is 4.93. The number of nitrogens with zero attached hydrogens (tertiary/aromatic N) is 4. The van der Waals surface area contributed by atoms with Crippen LogP contribution in [0.1, 0.15) is 4.88 Å². The fourth-order valence-corrected chi connectivity index (χ4v) is 3.04. The van der Waals surface area contributed by atoms with E-state index in [-0.39, 0.29) is 0 Å². The molecule has 0 radical (unpaired) electrons. The van der Waals surface area contributed by atoms with Crippen molar-refractivity contribution >= 4 is 39.4 Å². The largest absolute Gasteiger partial charge is 0.375 e. The summed E-state index contributed by atoms with van der Waals surface area (Å²) in [5.74, 6) is 0.792. The molecular formula is C9H8N6S2. The summed E-state index contributed by atoms with van der Waals surface area (Å²) in [5.41, 5.74) is 7.13. The monoisotopic (exact) mass is 264 g/mol. The van der Waals surface area contributed by atoms with Crippen molar-refractivity contribution in [1.82, 2.24) is 24.9 Å². The van der Waals surface area contributed by atoms with Gasteiger partial charge in [-0.2, -0.15) is 0 Å². The molecule has 8 heteroatoms. The molecular weight excluding hydrogens is 256 g/mol. The smallest absolute Gasteiger partial charge is 0.181 e. The van der Waals surface area contributed by atoms with E-state index in [1.807, 2.05) is 0 Å². The number of aromatic amines is 1. The van der Waals surface area contributed by atoms with Gasteiger partial charge in [0.05, 0.1) is 6.33 Å². The Kier molecular flexibility index (Phi) is 2.65. The van der Waals surface area contributed by atoms with E-state index >= 15 is 0 Å². The Hall–Kier alpha value is -1.67. The first-order valence-corrected chi connectivity index (χ1v) is 6.60. The second-order valence-corrected chi connectivity index (χ2v) is 5.34. The molecule has 0 unspecified atom stereocenters. The zero-order chi connectivity index (χ0) is 11.7. The molecule has 0 bridgehead atoms. The molecule has 0 spiro atoms. The first-order chi connectivity index (χ1) is 8.33. The van der Waals surface area contributed by atoms with Crippen molar-refractivity contribution in [2.24, 2.45) is 0 Å². The van der Waals surface area contributed by atoms with Crippen molar-refractivity contribution in [1.29, 1.82) is 0 Å². The van der Waals surface area contributed by atoms with E-state index in [0.717, 1.165) is 21.2 Å². The van der Waals surface area contributed by atoms with Gasteiger partial charge >= 0.3 is 0 Å². The number of aromatic nitrogens is 5. The van der Waals surface area contributed by atoms with Crippen molar-refractivity contribution in [3.8, 4) is 0 Å². The standard InChI is InChI=1S/C9H8N6S2/c10-9-11-1-5(17-9)2-16-8-6-7(13-3-12-6)14-4-15-8/h1,3-4H,2H2,(H2,10,11)(H,12,13,14,15). The number of nitrogen functional groups attached to an aromatic ring is 1. The summed E-state index contributed by atoms with van der Waals surface area (Å²) in [5, 5.41) is 1.48. The lowest BCUT2D eigenvalue weighted by atomic mass is 10.6. The fraction of sp³-hybridized carbons (Fsp3) is 0.111. The van der Waals surface area contributed by atoms with Gasteiger partial charge in [-0.15, -0.1) is 11.3 Å². The highest BCUT2D eigenvalue weighted by molar-refractivity contribution is 7.98. The third-order valence-electron chi connectivity index (χ3n) is 2.11. The number of hydrogen-bond donors (Lipinski definition) is 2. The van der Waals surface area contributed by atoms with Gasteiger partial charge in [-0.1, -0.05) is 11.8 Å². The first kappa shape index (κ1) is 10.5. The Balaban J connectivity index is 1.83. The molecule has 3 aromatic rings. The Morgan fingerprint density at radius 1 is 1.29 bits per heavy atom. The molecule has 0 aliphatic carbocycles. The maximum absolute atomic E-state index is 5.58. The minimum atomic E-state index is 0.593. The predicted molar refractivity (Wildman–Crippen MR) is 67.8 cm³/mol. The first-order valence-electron chi connectivity index (χ1n) is 4.80. The topological polar surface area (TPSA) is 93.4 Å². The normalized spacial score (nSPS) is 11.1. The number of thioether (sulfide) groups is 1. The third kappa shape index (κ3) is 2.08. The van der Waals surface area contributed by atoms with E-state index in [1.165, 1.54) is 17.7 Å². The van der Waals surface area contributed by atoms with Crippen LogP contribution in [0.2, 0.25) is 0 Å². The number of imidazole rings is 1. The second kappa shape index (κ2) is 4.30. The Bertz CT molecular complexity index is 646. The summed E-state index contributed by atoms with van der Waals surface area (Å²) < 4.78 is 0. The molecule has 3 aromatic heterocycles. The lowest BCUT2D eigenvalue weighted by molar-refractivity contribution is 1.08. The van der Waals surface area contributed by atoms with Crippen LogP contribution in [0.25, 0.3) is 11.2 Å². The molecule has 0 saturated heterocycles. The number of nitrogens with two attached hydrogens (primary N) is 1. The quantitative estimate of drug-likeness (QED) is 0.552. The number of hydrogen-bond acceptors (Lipinski definition) is 7. The predicted octanol–water partition coefficient (Wildman–Crippen LogP) is 1.68. The van der Waals surface area contributed by atoms with Crippen LogP contribution in [-0.4, -0.2) is 24.9 Å². The third-order valence-corrected chi connectivity index (χ3v) is 4.16. The summed E-state index contributed by atoms with van der Waals surface area (Å²) >= 11 is 3.10. The van der Waals surface area contributed by atoms with Gasteiger partial charge in [-0.25, -0.2) is 19.9 Å². The van der Waals surface area contributed by atoms with Gasteiger partial charge in [-0.3, -0.25) is 0 Å². The van der Waals surface area contributed by atoms with Crippen molar-refractivity contribution in [3.05, 3.63) is 23.7 Å². The highest BCUT2D eigenvalue weighted by Crippen LogP contribution is 2.27. The summed E-state index contributed by atoms with van der Waals surface area (Å²) in [7, 11) is 0. The van der Waals surface area contributed by atoms with Gasteiger partial charge in [0.2, 0.25) is 0 Å². The molecule has 0 aliphatic rings. The Morgan fingerprint density at radius 3 is 3.06 bits per heavy atom. The summed E-state index contributed by atoms with van der Waals surface area (Å²) in [4.78, 5) is 20.6. The van der Waals surface area contributed by atoms with Crippen LogP contribution in [0.5, 0.6) is 0 Å². The molecule has 0 fully saturated rings. The van der Waals surface area contributed by atoms with E-state index in [4.69, 9.17) is 5.73 Å². The molecule has 86 valence electrons. The number of H-pyrrole nitrogens is 1. The SMILES string of the molecule is Nc1ncc(CSc2ncnc3nc[nH]c23)s1. The lowest BCUT2D eigenvalue weighted by Gasteiger charge is -1.98. The molecule has 0 saturated carbocycles. The Labute approximate surface area is 105 Å². The van der Waals surface area contributed by atoms with E-state index in [2.05, 4.69) is 24.9 Å². The van der Waals surface area contributed by atoms with Crippen LogP contribution in [-0.2, 0) is 5.75 Å². The van der Waals surface area contributed by atoms with Crippen LogP contribution in [0, 0.1) is 0 Å². The number of anilines is 1. The van der Waals surface area contributed by atoms with Crippen LogP contribution >= 0.6 is 23.1 Å². The molecule has 0 atom stereocenters. The summed E-state index contributed by atoms with van der Waals surface area (Å²) in [6.45, 7) is 0. The number of thiazole rings is 1. The van der Waals surface area contributed by atoms with Gasteiger partial charge in [0, 0.05) is 16.8 Å². The van der Waals surface area contributed by atoms with Crippen molar-refractivity contribution in [2.75, 3.05) is 5.73 Å². The van der Waals surface area contributed by atoms with Crippen LogP contribution < -0.4 is 5.73 Å². The maximum Gasteiger partial charge on any atom is 0.181 e. The molecule has 3 heterocycles. The minimum absolute atomic E-state index is 0.593. The van der Waals surface area contributed by atoms with E-state index < -0.39 is 0 Å². The number of rotatable bonds is 3. The lowest BCUT2D eigenvalue weighted by Crippen LogP contribution is -1.86. The molecule has 0 aliphatic heterocycles. The van der Waals surface area contributed by atoms with Gasteiger partial charge < -0.3 is 10.7 Å². The van der Waals surface area contributed by atoms with Gasteiger partial charge in [0.15, 0.2) is 10.8 Å². The molecule has 17 heavy (non-hydrogen) atoms. The van der Waals surface area contributed by atoms with E-state index in [0.29, 0.717) is 10.8 Å². The average Bonchev–Trinajstić information content (AvgIpc) is 2.94. The maximum atomic E-state index is 5.58. The Morgan fingerprint density at radius 2 is 2.24 bits per heavy atom. The molecule has 3 rings (SSSR count). The number of fused-ring (bicyclic) bond motifs is 1.